The molecule has 4 aromatic rings. The Kier molecular flexibility index (Phi) is 5.80. The van der Waals surface area contributed by atoms with Crippen LogP contribution in [0.3, 0.4) is 0 Å². The predicted octanol–water partition coefficient (Wildman–Crippen LogP) is 3.81. The smallest absolute Gasteiger partial charge is 0.250 e. The predicted molar refractivity (Wildman–Crippen MR) is 132 cm³/mol. The number of fused-ring (bicyclic) bond motifs is 1. The van der Waals surface area contributed by atoms with E-state index >= 15 is 0 Å². The lowest BCUT2D eigenvalue weighted by molar-refractivity contribution is 0.100. The number of hydrogen-bond acceptors (Lipinski definition) is 6. The van der Waals surface area contributed by atoms with Crippen molar-refractivity contribution in [2.45, 2.75) is 0 Å². The SMILES string of the molecule is CN1CCN(c2cc(Nc3ncc(Cl)c(-n4cc(C(N)=O)c5ccccc54)n3)ccc2F)CC1. The van der Waals surface area contributed by atoms with E-state index in [1.165, 1.54) is 12.3 Å². The summed E-state index contributed by atoms with van der Waals surface area (Å²) in [6.45, 7) is 3.25. The van der Waals surface area contributed by atoms with Crippen molar-refractivity contribution in [1.29, 1.82) is 0 Å². The Morgan fingerprint density at radius 3 is 2.68 bits per heavy atom. The van der Waals surface area contributed by atoms with Crippen LogP contribution in [0.1, 0.15) is 10.4 Å². The molecule has 2 aromatic heterocycles. The molecule has 0 spiro atoms. The van der Waals surface area contributed by atoms with E-state index in [2.05, 4.69) is 27.2 Å². The number of primary amides is 1. The summed E-state index contributed by atoms with van der Waals surface area (Å²) in [5.74, 6) is -0.134. The van der Waals surface area contributed by atoms with Crippen LogP contribution in [0.15, 0.2) is 54.9 Å². The highest BCUT2D eigenvalue weighted by molar-refractivity contribution is 6.32. The van der Waals surface area contributed by atoms with Gasteiger partial charge in [-0.1, -0.05) is 29.8 Å². The lowest BCUT2D eigenvalue weighted by Gasteiger charge is -2.34. The number of benzene rings is 2. The van der Waals surface area contributed by atoms with Crippen LogP contribution in [0.4, 0.5) is 21.7 Å². The zero-order chi connectivity index (χ0) is 23.8. The summed E-state index contributed by atoms with van der Waals surface area (Å²) in [6.07, 6.45) is 3.10. The Labute approximate surface area is 200 Å². The van der Waals surface area contributed by atoms with E-state index < -0.39 is 5.91 Å². The maximum atomic E-state index is 14.6. The maximum absolute atomic E-state index is 14.6. The highest BCUT2D eigenvalue weighted by Crippen LogP contribution is 2.29. The molecule has 0 aliphatic carbocycles. The van der Waals surface area contributed by atoms with Crippen molar-refractivity contribution in [2.75, 3.05) is 43.4 Å². The normalized spacial score (nSPS) is 14.5. The molecule has 0 atom stereocenters. The van der Waals surface area contributed by atoms with Crippen molar-refractivity contribution in [3.8, 4) is 5.82 Å². The van der Waals surface area contributed by atoms with Gasteiger partial charge in [0, 0.05) is 43.4 Å². The fourth-order valence-electron chi connectivity index (χ4n) is 4.15. The first-order valence-electron chi connectivity index (χ1n) is 10.8. The number of rotatable bonds is 5. The van der Waals surface area contributed by atoms with Gasteiger partial charge < -0.3 is 20.9 Å². The molecule has 5 rings (SSSR count). The fourth-order valence-corrected chi connectivity index (χ4v) is 4.33. The highest BCUT2D eigenvalue weighted by atomic mass is 35.5. The fraction of sp³-hybridized carbons (Fsp3) is 0.208. The van der Waals surface area contributed by atoms with Gasteiger partial charge in [0.2, 0.25) is 5.95 Å². The summed E-state index contributed by atoms with van der Waals surface area (Å²) in [5.41, 5.74) is 7.87. The summed E-state index contributed by atoms with van der Waals surface area (Å²) in [4.78, 5) is 25.1. The molecule has 0 bridgehead atoms. The van der Waals surface area contributed by atoms with E-state index in [-0.39, 0.29) is 11.8 Å². The largest absolute Gasteiger partial charge is 0.367 e. The van der Waals surface area contributed by atoms with Gasteiger partial charge in [-0.2, -0.15) is 4.98 Å². The lowest BCUT2D eigenvalue weighted by atomic mass is 10.2. The standard InChI is InChI=1S/C24H23ClFN7O/c1-31-8-10-32(11-9-31)21-12-15(6-7-19(21)26)29-24-28-13-18(25)23(30-24)33-14-17(22(27)34)16-4-2-3-5-20(16)33/h2-7,12-14H,8-11H2,1H3,(H2,27,34)(H,28,29,30). The molecule has 2 aromatic carbocycles. The van der Waals surface area contributed by atoms with E-state index in [0.717, 1.165) is 31.7 Å². The zero-order valence-electron chi connectivity index (χ0n) is 18.5. The third kappa shape index (κ3) is 4.15. The number of anilines is 3. The van der Waals surface area contributed by atoms with E-state index in [1.807, 2.05) is 29.2 Å². The number of nitrogens with zero attached hydrogens (tertiary/aromatic N) is 5. The number of piperazine rings is 1. The molecule has 1 aliphatic heterocycles. The van der Waals surface area contributed by atoms with Crippen LogP contribution in [0.5, 0.6) is 0 Å². The summed E-state index contributed by atoms with van der Waals surface area (Å²) in [5, 5.41) is 4.15. The number of carbonyl (C=O) groups is 1. The molecule has 0 radical (unpaired) electrons. The zero-order valence-corrected chi connectivity index (χ0v) is 19.3. The summed E-state index contributed by atoms with van der Waals surface area (Å²) < 4.78 is 16.3. The number of likely N-dealkylation sites (N-methyl/N-ethyl adjacent to an activating group) is 1. The van der Waals surface area contributed by atoms with Gasteiger partial charge in [-0.25, -0.2) is 9.37 Å². The monoisotopic (exact) mass is 479 g/mol. The van der Waals surface area contributed by atoms with Crippen molar-refractivity contribution < 1.29 is 9.18 Å². The van der Waals surface area contributed by atoms with E-state index in [4.69, 9.17) is 17.3 Å². The van der Waals surface area contributed by atoms with Gasteiger partial charge >= 0.3 is 0 Å². The topological polar surface area (TPSA) is 92.3 Å². The molecule has 174 valence electrons. The highest BCUT2D eigenvalue weighted by Gasteiger charge is 2.19. The number of nitrogens with one attached hydrogen (secondary N) is 1. The first-order chi connectivity index (χ1) is 16.4. The second-order valence-electron chi connectivity index (χ2n) is 8.24. The first kappa shape index (κ1) is 22.1. The summed E-state index contributed by atoms with van der Waals surface area (Å²) in [6, 6.07) is 12.2. The summed E-state index contributed by atoms with van der Waals surface area (Å²) >= 11 is 6.43. The van der Waals surface area contributed by atoms with Crippen LogP contribution >= 0.6 is 11.6 Å². The quantitative estimate of drug-likeness (QED) is 0.452. The van der Waals surface area contributed by atoms with Crippen molar-refractivity contribution >= 4 is 45.7 Å². The Hall–Kier alpha value is -3.69. The Morgan fingerprint density at radius 2 is 1.91 bits per heavy atom. The third-order valence-electron chi connectivity index (χ3n) is 5.98. The molecule has 34 heavy (non-hydrogen) atoms. The average molecular weight is 480 g/mol. The number of amides is 1. The minimum atomic E-state index is -0.541. The minimum Gasteiger partial charge on any atom is -0.367 e. The molecule has 0 unspecified atom stereocenters. The molecule has 0 saturated carbocycles. The van der Waals surface area contributed by atoms with Crippen molar-refractivity contribution in [2.24, 2.45) is 5.73 Å². The van der Waals surface area contributed by atoms with Crippen LogP contribution < -0.4 is 16.0 Å². The molecule has 1 saturated heterocycles. The molecule has 1 fully saturated rings. The van der Waals surface area contributed by atoms with Crippen LogP contribution in [-0.4, -0.2) is 58.6 Å². The minimum absolute atomic E-state index is 0.273. The van der Waals surface area contributed by atoms with Gasteiger partial charge in [0.05, 0.1) is 23.0 Å². The first-order valence-corrected chi connectivity index (χ1v) is 11.2. The van der Waals surface area contributed by atoms with Crippen molar-refractivity contribution in [3.63, 3.8) is 0 Å². The summed E-state index contributed by atoms with van der Waals surface area (Å²) in [7, 11) is 2.06. The molecule has 1 aliphatic rings. The second-order valence-corrected chi connectivity index (χ2v) is 8.65. The van der Waals surface area contributed by atoms with Gasteiger partial charge in [-0.05, 0) is 31.3 Å². The molecule has 10 heteroatoms. The Bertz CT molecular complexity index is 1380. The van der Waals surface area contributed by atoms with E-state index in [9.17, 15) is 9.18 Å². The molecule has 8 nitrogen and oxygen atoms in total. The van der Waals surface area contributed by atoms with Gasteiger partial charge in [0.1, 0.15) is 10.8 Å². The van der Waals surface area contributed by atoms with Crippen molar-refractivity contribution in [3.05, 3.63) is 71.3 Å². The Balaban J connectivity index is 1.49. The van der Waals surface area contributed by atoms with Gasteiger partial charge in [0.25, 0.3) is 5.91 Å². The lowest BCUT2D eigenvalue weighted by Crippen LogP contribution is -2.44. The number of para-hydroxylation sites is 1. The van der Waals surface area contributed by atoms with Crippen LogP contribution in [0.25, 0.3) is 16.7 Å². The van der Waals surface area contributed by atoms with Crippen LogP contribution in [0, 0.1) is 5.82 Å². The molecular formula is C24H23ClFN7O. The van der Waals surface area contributed by atoms with Crippen LogP contribution in [0.2, 0.25) is 5.02 Å². The number of hydrogen-bond donors (Lipinski definition) is 2. The molecule has 3 N–H and O–H groups in total. The van der Waals surface area contributed by atoms with Gasteiger partial charge in [-0.15, -0.1) is 0 Å². The maximum Gasteiger partial charge on any atom is 0.250 e. The van der Waals surface area contributed by atoms with E-state index in [0.29, 0.717) is 33.2 Å². The third-order valence-corrected chi connectivity index (χ3v) is 6.24. The number of carbonyl (C=O) groups excluding carboxylic acids is 1. The second kappa shape index (κ2) is 8.92. The molecular weight excluding hydrogens is 457 g/mol. The van der Waals surface area contributed by atoms with Crippen molar-refractivity contribution in [1.82, 2.24) is 19.4 Å². The average Bonchev–Trinajstić information content (AvgIpc) is 3.22. The Morgan fingerprint density at radius 1 is 1.15 bits per heavy atom. The number of aromatic nitrogens is 3. The number of nitrogens with two attached hydrogens (primary N) is 1. The van der Waals surface area contributed by atoms with Gasteiger partial charge in [0.15, 0.2) is 5.82 Å². The number of halogens is 2. The van der Waals surface area contributed by atoms with Crippen LogP contribution in [-0.2, 0) is 0 Å². The van der Waals surface area contributed by atoms with Gasteiger partial charge in [-0.3, -0.25) is 9.36 Å². The molecule has 1 amide bonds. The van der Waals surface area contributed by atoms with E-state index in [1.54, 1.807) is 22.9 Å². The molecule has 3 heterocycles.